The molecule has 8 heteroatoms. The van der Waals surface area contributed by atoms with Crippen LogP contribution in [0.4, 0.5) is 11.5 Å². The van der Waals surface area contributed by atoms with Crippen LogP contribution in [-0.2, 0) is 0 Å². The molecule has 0 aliphatic rings. The predicted octanol–water partition coefficient (Wildman–Crippen LogP) is 2.59. The summed E-state index contributed by atoms with van der Waals surface area (Å²) in [6.07, 6.45) is 3.94. The average molecular weight is 277 g/mol. The van der Waals surface area contributed by atoms with Crippen molar-refractivity contribution in [2.75, 3.05) is 17.3 Å². The zero-order valence-corrected chi connectivity index (χ0v) is 11.1. The summed E-state index contributed by atoms with van der Waals surface area (Å²) in [5, 5.41) is 13.8. The number of thioether (sulfide) groups is 1. The number of nitrogens with one attached hydrogen (secondary N) is 1. The average Bonchev–Trinajstić information content (AvgIpc) is 2.28. The van der Waals surface area contributed by atoms with Crippen LogP contribution in [0.3, 0.4) is 0 Å². The summed E-state index contributed by atoms with van der Waals surface area (Å²) >= 11 is 7.30. The lowest BCUT2D eigenvalue weighted by molar-refractivity contribution is -0.384. The Morgan fingerprint density at radius 3 is 2.94 bits per heavy atom. The molecule has 94 valence electrons. The third-order valence-electron chi connectivity index (χ3n) is 2.14. The Bertz CT molecular complexity index is 405. The molecule has 0 radical (unpaired) electrons. The molecule has 1 rings (SSSR count). The Kier molecular flexibility index (Phi) is 5.43. The lowest BCUT2D eigenvalue weighted by Crippen LogP contribution is -2.22. The maximum atomic E-state index is 10.8. The fourth-order valence-electron chi connectivity index (χ4n) is 1.25. The van der Waals surface area contributed by atoms with E-state index in [0.29, 0.717) is 0 Å². The summed E-state index contributed by atoms with van der Waals surface area (Å²) < 4.78 is 0. The minimum Gasteiger partial charge on any atom is -0.361 e. The van der Waals surface area contributed by atoms with Gasteiger partial charge in [0, 0.05) is 11.8 Å². The molecular formula is C9H13ClN4O2S. The number of rotatable bonds is 6. The molecule has 6 nitrogen and oxygen atoms in total. The Labute approximate surface area is 108 Å². The molecule has 0 amide bonds. The van der Waals surface area contributed by atoms with Gasteiger partial charge in [0.1, 0.15) is 6.20 Å². The molecule has 1 unspecified atom stereocenters. The molecular weight excluding hydrogens is 264 g/mol. The highest BCUT2D eigenvalue weighted by Gasteiger charge is 2.19. The quantitative estimate of drug-likeness (QED) is 0.489. The zero-order valence-electron chi connectivity index (χ0n) is 9.51. The van der Waals surface area contributed by atoms with Crippen LogP contribution in [0, 0.1) is 10.1 Å². The van der Waals surface area contributed by atoms with E-state index < -0.39 is 4.92 Å². The molecule has 1 atom stereocenters. The van der Waals surface area contributed by atoms with E-state index in [1.54, 1.807) is 11.8 Å². The van der Waals surface area contributed by atoms with Gasteiger partial charge < -0.3 is 5.32 Å². The van der Waals surface area contributed by atoms with E-state index in [4.69, 9.17) is 11.6 Å². The molecule has 0 aliphatic carbocycles. The smallest absolute Gasteiger partial charge is 0.329 e. The Balaban J connectivity index is 2.94. The van der Waals surface area contributed by atoms with E-state index in [9.17, 15) is 10.1 Å². The van der Waals surface area contributed by atoms with Crippen molar-refractivity contribution in [1.29, 1.82) is 0 Å². The number of nitro groups is 1. The fourth-order valence-corrected chi connectivity index (χ4v) is 2.10. The lowest BCUT2D eigenvalue weighted by Gasteiger charge is -2.15. The van der Waals surface area contributed by atoms with E-state index in [0.717, 1.165) is 18.4 Å². The minimum atomic E-state index is -0.523. The molecule has 0 saturated carbocycles. The van der Waals surface area contributed by atoms with Crippen molar-refractivity contribution in [3.8, 4) is 0 Å². The predicted molar refractivity (Wildman–Crippen MR) is 69.8 cm³/mol. The van der Waals surface area contributed by atoms with Crippen LogP contribution in [0.2, 0.25) is 5.28 Å². The molecule has 0 saturated heterocycles. The van der Waals surface area contributed by atoms with Gasteiger partial charge in [-0.3, -0.25) is 10.1 Å². The highest BCUT2D eigenvalue weighted by molar-refractivity contribution is 7.98. The fraction of sp³-hybridized carbons (Fsp3) is 0.556. The van der Waals surface area contributed by atoms with Crippen molar-refractivity contribution >= 4 is 34.9 Å². The van der Waals surface area contributed by atoms with Gasteiger partial charge >= 0.3 is 5.69 Å². The van der Waals surface area contributed by atoms with Gasteiger partial charge in [-0.05, 0) is 24.3 Å². The first kappa shape index (κ1) is 14.0. The molecule has 0 aromatic carbocycles. The van der Waals surface area contributed by atoms with Crippen LogP contribution >= 0.6 is 23.4 Å². The SMILES string of the molecule is CCC(CSC)Nc1nc(Cl)ncc1[N+](=O)[O-]. The Morgan fingerprint density at radius 1 is 1.71 bits per heavy atom. The van der Waals surface area contributed by atoms with Gasteiger partial charge in [0.05, 0.1) is 4.92 Å². The molecule has 17 heavy (non-hydrogen) atoms. The molecule has 0 fully saturated rings. The normalized spacial score (nSPS) is 12.2. The first-order chi connectivity index (χ1) is 8.08. The van der Waals surface area contributed by atoms with Crippen LogP contribution in [-0.4, -0.2) is 32.9 Å². The molecule has 1 N–H and O–H groups in total. The van der Waals surface area contributed by atoms with Gasteiger partial charge in [0.15, 0.2) is 0 Å². The molecule has 0 bridgehead atoms. The minimum absolute atomic E-state index is 0.00268. The molecule has 0 aliphatic heterocycles. The van der Waals surface area contributed by atoms with Crippen LogP contribution in [0.25, 0.3) is 0 Å². The van der Waals surface area contributed by atoms with E-state index >= 15 is 0 Å². The van der Waals surface area contributed by atoms with E-state index in [1.807, 2.05) is 13.2 Å². The molecule has 1 aromatic heterocycles. The highest BCUT2D eigenvalue weighted by Crippen LogP contribution is 2.23. The number of hydrogen-bond donors (Lipinski definition) is 1. The van der Waals surface area contributed by atoms with Gasteiger partial charge in [0.25, 0.3) is 0 Å². The second-order valence-corrected chi connectivity index (χ2v) is 4.58. The van der Waals surface area contributed by atoms with Crippen molar-refractivity contribution in [1.82, 2.24) is 9.97 Å². The van der Waals surface area contributed by atoms with Crippen LogP contribution in [0.1, 0.15) is 13.3 Å². The monoisotopic (exact) mass is 276 g/mol. The number of anilines is 1. The molecule has 0 spiro atoms. The molecule has 1 heterocycles. The second-order valence-electron chi connectivity index (χ2n) is 3.33. The topological polar surface area (TPSA) is 81.0 Å². The zero-order chi connectivity index (χ0) is 12.8. The van der Waals surface area contributed by atoms with Crippen LogP contribution in [0.15, 0.2) is 6.20 Å². The summed E-state index contributed by atoms with van der Waals surface area (Å²) in [4.78, 5) is 17.7. The standard InChI is InChI=1S/C9H13ClN4O2S/c1-3-6(5-17-2)12-8-7(14(15)16)4-11-9(10)13-8/h4,6H,3,5H2,1-2H3,(H,11,12,13). The number of halogens is 1. The van der Waals surface area contributed by atoms with Crippen molar-refractivity contribution in [3.05, 3.63) is 21.6 Å². The first-order valence-corrected chi connectivity index (χ1v) is 6.78. The van der Waals surface area contributed by atoms with Crippen molar-refractivity contribution in [2.24, 2.45) is 0 Å². The summed E-state index contributed by atoms with van der Waals surface area (Å²) in [7, 11) is 0. The van der Waals surface area contributed by atoms with Gasteiger partial charge in [-0.15, -0.1) is 0 Å². The van der Waals surface area contributed by atoms with Crippen molar-refractivity contribution < 1.29 is 4.92 Å². The van der Waals surface area contributed by atoms with Gasteiger partial charge in [0.2, 0.25) is 11.1 Å². The third kappa shape index (κ3) is 4.01. The summed E-state index contributed by atoms with van der Waals surface area (Å²) in [6.45, 7) is 2.00. The summed E-state index contributed by atoms with van der Waals surface area (Å²) in [5.74, 6) is 1.02. The van der Waals surface area contributed by atoms with Crippen molar-refractivity contribution in [2.45, 2.75) is 19.4 Å². The maximum absolute atomic E-state index is 10.8. The first-order valence-electron chi connectivity index (χ1n) is 5.00. The Hall–Kier alpha value is -1.08. The highest BCUT2D eigenvalue weighted by atomic mass is 35.5. The molecule has 1 aromatic rings. The lowest BCUT2D eigenvalue weighted by atomic mass is 10.2. The third-order valence-corrected chi connectivity index (χ3v) is 3.06. The van der Waals surface area contributed by atoms with E-state index in [2.05, 4.69) is 15.3 Å². The maximum Gasteiger partial charge on any atom is 0.329 e. The number of hydrogen-bond acceptors (Lipinski definition) is 6. The van der Waals surface area contributed by atoms with E-state index in [-0.39, 0.29) is 22.8 Å². The van der Waals surface area contributed by atoms with Gasteiger partial charge in [-0.2, -0.15) is 16.7 Å². The van der Waals surface area contributed by atoms with Crippen LogP contribution in [0.5, 0.6) is 0 Å². The van der Waals surface area contributed by atoms with Crippen LogP contribution < -0.4 is 5.32 Å². The largest absolute Gasteiger partial charge is 0.361 e. The van der Waals surface area contributed by atoms with Gasteiger partial charge in [-0.1, -0.05) is 6.92 Å². The van der Waals surface area contributed by atoms with E-state index in [1.165, 1.54) is 0 Å². The summed E-state index contributed by atoms with van der Waals surface area (Å²) in [6, 6.07) is 0.120. The second kappa shape index (κ2) is 6.61. The number of nitrogens with zero attached hydrogens (tertiary/aromatic N) is 3. The van der Waals surface area contributed by atoms with Gasteiger partial charge in [-0.25, -0.2) is 4.98 Å². The number of aromatic nitrogens is 2. The summed E-state index contributed by atoms with van der Waals surface area (Å²) in [5.41, 5.74) is -0.158. The van der Waals surface area contributed by atoms with Crippen molar-refractivity contribution in [3.63, 3.8) is 0 Å². The Morgan fingerprint density at radius 2 is 2.41 bits per heavy atom.